The maximum absolute atomic E-state index is 15.3. The van der Waals surface area contributed by atoms with E-state index in [2.05, 4.69) is 73.0 Å². The number of para-hydroxylation sites is 1. The van der Waals surface area contributed by atoms with Crippen LogP contribution in [0.4, 0.5) is 5.13 Å². The van der Waals surface area contributed by atoms with Crippen molar-refractivity contribution in [3.63, 3.8) is 0 Å². The van der Waals surface area contributed by atoms with Crippen LogP contribution >= 0.6 is 11.3 Å². The van der Waals surface area contributed by atoms with Gasteiger partial charge in [-0.2, -0.15) is 0 Å². The second kappa shape index (κ2) is 19.5. The van der Waals surface area contributed by atoms with Crippen LogP contribution in [0.5, 0.6) is 5.75 Å². The predicted molar refractivity (Wildman–Crippen MR) is 276 cm³/mol. The van der Waals surface area contributed by atoms with Gasteiger partial charge in [0, 0.05) is 5.38 Å². The highest BCUT2D eigenvalue weighted by Gasteiger charge is 2.68. The summed E-state index contributed by atoms with van der Waals surface area (Å²) in [6.45, 7) is 20.5. The van der Waals surface area contributed by atoms with Crippen molar-refractivity contribution in [1.29, 1.82) is 0 Å². The number of rotatable bonds is 16. The average Bonchev–Trinajstić information content (AvgIpc) is 3.94. The third-order valence-electron chi connectivity index (χ3n) is 14.1. The van der Waals surface area contributed by atoms with Gasteiger partial charge < -0.3 is 39.0 Å². The number of carbonyl (C=O) groups excluding carboxylic acids is 3. The summed E-state index contributed by atoms with van der Waals surface area (Å²) in [5.41, 5.74) is -0.985. The monoisotopic (exact) mass is 982 g/mol. The zero-order chi connectivity index (χ0) is 51.1. The normalized spacial score (nSPS) is 21.3. The van der Waals surface area contributed by atoms with E-state index in [0.717, 1.165) is 29.5 Å². The van der Waals surface area contributed by atoms with Gasteiger partial charge in [-0.1, -0.05) is 122 Å². The van der Waals surface area contributed by atoms with Gasteiger partial charge in [0.25, 0.3) is 5.91 Å². The molecular weight excluding hydrogens is 916 g/mol. The number of nitrogens with one attached hydrogen (secondary N) is 2. The predicted octanol–water partition coefficient (Wildman–Crippen LogP) is 10.3. The lowest BCUT2D eigenvalue weighted by molar-refractivity contribution is -0.199. The van der Waals surface area contributed by atoms with E-state index in [9.17, 15) is 9.59 Å². The molecule has 0 spiro atoms. The maximum atomic E-state index is 15.3. The Morgan fingerprint density at radius 2 is 1.38 bits per heavy atom. The van der Waals surface area contributed by atoms with Gasteiger partial charge in [-0.05, 0) is 127 Å². The molecule has 2 bridgehead atoms. The second-order valence-corrected chi connectivity index (χ2v) is 23.0. The third kappa shape index (κ3) is 10.5. The number of hydrogen-bond acceptors (Lipinski definition) is 13. The van der Waals surface area contributed by atoms with Crippen molar-refractivity contribution in [2.24, 2.45) is 22.4 Å². The minimum Gasteiger partial charge on any atom is -0.496 e. The molecule has 4 aliphatic rings. The first-order chi connectivity index (χ1) is 33.4. The smallest absolute Gasteiger partial charge is 0.482 e. The summed E-state index contributed by atoms with van der Waals surface area (Å²) in [5.74, 6) is -1.74. The minimum absolute atomic E-state index is 0.0564. The molecular formula is C56H67BN4O9S. The first kappa shape index (κ1) is 51.3. The molecule has 5 aromatic rings. The highest BCUT2D eigenvalue weighted by atomic mass is 32.1. The van der Waals surface area contributed by atoms with E-state index >= 15 is 4.79 Å². The van der Waals surface area contributed by atoms with Crippen LogP contribution in [0.25, 0.3) is 0 Å². The molecule has 15 heteroatoms. The van der Waals surface area contributed by atoms with Gasteiger partial charge in [0.15, 0.2) is 10.8 Å². The van der Waals surface area contributed by atoms with Gasteiger partial charge in [0.1, 0.15) is 33.7 Å². The molecule has 374 valence electrons. The number of benzene rings is 4. The van der Waals surface area contributed by atoms with E-state index in [1.165, 1.54) is 32.3 Å². The number of aromatic nitrogens is 1. The van der Waals surface area contributed by atoms with Crippen molar-refractivity contribution < 1.29 is 42.7 Å². The van der Waals surface area contributed by atoms with Crippen LogP contribution < -0.4 is 15.4 Å². The van der Waals surface area contributed by atoms with E-state index in [0.29, 0.717) is 22.4 Å². The van der Waals surface area contributed by atoms with E-state index < -0.39 is 58.8 Å². The van der Waals surface area contributed by atoms with E-state index in [-0.39, 0.29) is 40.8 Å². The molecule has 9 rings (SSSR count). The summed E-state index contributed by atoms with van der Waals surface area (Å²) in [4.78, 5) is 53.5. The maximum Gasteiger partial charge on any atom is 0.482 e. The largest absolute Gasteiger partial charge is 0.496 e. The molecule has 71 heavy (non-hydrogen) atoms. The Morgan fingerprint density at radius 3 is 1.92 bits per heavy atom. The Balaban J connectivity index is 1.20. The SMILES string of the molecule is COc1c(CC(NC(=O)/C(=N/OC(C)(C)C(=O)OC(C)(C)C)c2csc(NC(c3ccccc3)(c3ccccc3)c3ccccc3)n2)B2OC3CC4CC(C4(C)C)C3(C)O2)cccc1C(=O)OC(C)(C)C. The van der Waals surface area contributed by atoms with Crippen molar-refractivity contribution in [3.05, 3.63) is 148 Å². The Kier molecular flexibility index (Phi) is 14.1. The van der Waals surface area contributed by atoms with Crippen molar-refractivity contribution >= 4 is 47.1 Å². The minimum atomic E-state index is -1.62. The molecule has 3 saturated carbocycles. The molecule has 5 atom stereocenters. The molecule has 3 aliphatic carbocycles. The van der Waals surface area contributed by atoms with E-state index in [1.807, 2.05) is 60.7 Å². The van der Waals surface area contributed by atoms with Crippen molar-refractivity contribution in [2.75, 3.05) is 12.4 Å². The standard InChI is InChI=1S/C56H67BN4O9S/c1-51(2,3)66-48(63)40-30-22-23-35(46(40)65-12)31-44(57-68-43-33-39-32-42(53(39,7)8)55(43,11)69-57)59-47(62)45(61-70-54(9,10)49(64)67-52(4,5)6)41-34-71-50(58-41)60-56(36-24-16-13-17-25-36,37-26-18-14-19-27-37)38-28-20-15-21-29-38/h13-30,34,39,42-44H,31-33H2,1-12H3,(H,58,60)(H,59,62)/b61-45+. The topological polar surface area (TPSA) is 156 Å². The first-order valence-corrected chi connectivity index (χ1v) is 25.3. The van der Waals surface area contributed by atoms with Crippen LogP contribution in [0.15, 0.2) is 120 Å². The summed E-state index contributed by atoms with van der Waals surface area (Å²) in [6.07, 6.45) is 1.75. The number of esters is 2. The number of methoxy groups -OCH3 is 1. The Morgan fingerprint density at radius 1 is 0.803 bits per heavy atom. The molecule has 1 aromatic heterocycles. The van der Waals surface area contributed by atoms with Gasteiger partial charge in [0.2, 0.25) is 5.60 Å². The molecule has 5 unspecified atom stereocenters. The molecule has 1 saturated heterocycles. The van der Waals surface area contributed by atoms with Crippen molar-refractivity contribution in [2.45, 2.75) is 135 Å². The fourth-order valence-corrected chi connectivity index (χ4v) is 11.2. The van der Waals surface area contributed by atoms with Crippen LogP contribution in [0, 0.1) is 17.3 Å². The van der Waals surface area contributed by atoms with Crippen LogP contribution in [0.1, 0.15) is 127 Å². The molecule has 1 aliphatic heterocycles. The van der Waals surface area contributed by atoms with Crippen molar-refractivity contribution in [3.8, 4) is 5.75 Å². The fourth-order valence-electron chi connectivity index (χ4n) is 10.4. The van der Waals surface area contributed by atoms with Gasteiger partial charge in [-0.3, -0.25) is 4.79 Å². The number of ether oxygens (including phenoxy) is 3. The number of nitrogens with zero attached hydrogens (tertiary/aromatic N) is 2. The molecule has 1 amide bonds. The van der Waals surface area contributed by atoms with Crippen LogP contribution in [0.3, 0.4) is 0 Å². The lowest BCUT2D eigenvalue weighted by Gasteiger charge is -2.64. The van der Waals surface area contributed by atoms with Crippen LogP contribution in [-0.2, 0) is 45.2 Å². The molecule has 4 fully saturated rings. The van der Waals surface area contributed by atoms with Gasteiger partial charge in [-0.15, -0.1) is 11.3 Å². The number of thiazole rings is 1. The first-order valence-electron chi connectivity index (χ1n) is 24.4. The highest BCUT2D eigenvalue weighted by molar-refractivity contribution is 7.14. The number of oxime groups is 1. The number of hydrogen-bond donors (Lipinski definition) is 2. The van der Waals surface area contributed by atoms with Crippen LogP contribution in [-0.4, -0.2) is 77.2 Å². The molecule has 0 radical (unpaired) electrons. The van der Waals surface area contributed by atoms with E-state index in [1.54, 1.807) is 59.1 Å². The van der Waals surface area contributed by atoms with Gasteiger partial charge in [0.05, 0.1) is 24.8 Å². The van der Waals surface area contributed by atoms with Gasteiger partial charge >= 0.3 is 19.1 Å². The number of amides is 1. The van der Waals surface area contributed by atoms with Crippen LogP contribution in [0.2, 0.25) is 0 Å². The lowest BCUT2D eigenvalue weighted by Crippen LogP contribution is -2.65. The Bertz CT molecular complexity index is 2660. The lowest BCUT2D eigenvalue weighted by atomic mass is 9.43. The van der Waals surface area contributed by atoms with E-state index in [4.69, 9.17) is 33.3 Å². The zero-order valence-corrected chi connectivity index (χ0v) is 43.8. The number of carbonyl (C=O) groups is 3. The summed E-state index contributed by atoms with van der Waals surface area (Å²) < 4.78 is 31.3. The Labute approximate surface area is 422 Å². The molecule has 2 heterocycles. The second-order valence-electron chi connectivity index (χ2n) is 22.2. The summed E-state index contributed by atoms with van der Waals surface area (Å²) in [7, 11) is 0.577. The Hall–Kier alpha value is -6.03. The molecule has 2 N–H and O–H groups in total. The quantitative estimate of drug-likeness (QED) is 0.0319. The molecule has 13 nitrogen and oxygen atoms in total. The summed E-state index contributed by atoms with van der Waals surface area (Å²) >= 11 is 1.29. The van der Waals surface area contributed by atoms with Gasteiger partial charge in [-0.25, -0.2) is 14.6 Å². The summed E-state index contributed by atoms with van der Waals surface area (Å²) in [5, 5.41) is 13.7. The third-order valence-corrected chi connectivity index (χ3v) is 14.9. The molecule has 4 aromatic carbocycles. The number of anilines is 1. The fraction of sp³-hybridized carbons (Fsp3) is 0.446. The zero-order valence-electron chi connectivity index (χ0n) is 43.0. The highest BCUT2D eigenvalue weighted by Crippen LogP contribution is 2.66. The van der Waals surface area contributed by atoms with Crippen molar-refractivity contribution in [1.82, 2.24) is 10.3 Å². The average molecular weight is 983 g/mol. The summed E-state index contributed by atoms with van der Waals surface area (Å²) in [6, 6.07) is 35.6.